The van der Waals surface area contributed by atoms with Gasteiger partial charge in [0, 0.05) is 31.9 Å². The fraction of sp³-hybridized carbons (Fsp3) is 0.529. The van der Waals surface area contributed by atoms with Crippen LogP contribution in [0.15, 0.2) is 24.3 Å². The molecule has 1 saturated heterocycles. The smallest absolute Gasteiger partial charge is 0.416 e. The Morgan fingerprint density at radius 2 is 1.84 bits per heavy atom. The van der Waals surface area contributed by atoms with Gasteiger partial charge in [0.2, 0.25) is 0 Å². The SMILES string of the molecule is CC(=O)C(CCN1CCN(c2cccc(C(F)(F)F)c2)CC1)C(=O)O. The number of halogens is 3. The fourth-order valence-electron chi connectivity index (χ4n) is 2.92. The molecule has 0 aliphatic carbocycles. The van der Waals surface area contributed by atoms with Crippen molar-refractivity contribution in [2.24, 2.45) is 5.92 Å². The lowest BCUT2D eigenvalue weighted by Gasteiger charge is -2.36. The molecule has 25 heavy (non-hydrogen) atoms. The average Bonchev–Trinajstić information content (AvgIpc) is 2.54. The number of carboxylic acid groups (broad SMARTS) is 1. The van der Waals surface area contributed by atoms with Crippen molar-refractivity contribution in [1.82, 2.24) is 4.90 Å². The van der Waals surface area contributed by atoms with E-state index in [1.807, 2.05) is 9.80 Å². The van der Waals surface area contributed by atoms with Gasteiger partial charge in [0.05, 0.1) is 5.56 Å². The normalized spacial score (nSPS) is 17.4. The van der Waals surface area contributed by atoms with Gasteiger partial charge in [-0.3, -0.25) is 14.5 Å². The quantitative estimate of drug-likeness (QED) is 0.792. The molecule has 1 fully saturated rings. The summed E-state index contributed by atoms with van der Waals surface area (Å²) >= 11 is 0. The highest BCUT2D eigenvalue weighted by Gasteiger charge is 2.31. The van der Waals surface area contributed by atoms with Crippen LogP contribution in [-0.4, -0.2) is 54.5 Å². The number of alkyl halides is 3. The van der Waals surface area contributed by atoms with E-state index in [9.17, 15) is 22.8 Å². The molecule has 1 N–H and O–H groups in total. The van der Waals surface area contributed by atoms with E-state index in [1.54, 1.807) is 6.07 Å². The minimum Gasteiger partial charge on any atom is -0.481 e. The Balaban J connectivity index is 1.90. The summed E-state index contributed by atoms with van der Waals surface area (Å²) in [6.07, 6.45) is -4.12. The van der Waals surface area contributed by atoms with Crippen molar-refractivity contribution in [3.05, 3.63) is 29.8 Å². The molecule has 0 amide bonds. The Bertz CT molecular complexity index is 612. The van der Waals surface area contributed by atoms with Crippen LogP contribution in [0.4, 0.5) is 18.9 Å². The van der Waals surface area contributed by atoms with Crippen LogP contribution >= 0.6 is 0 Å². The number of hydrogen-bond donors (Lipinski definition) is 1. The van der Waals surface area contributed by atoms with Crippen LogP contribution in [0.5, 0.6) is 0 Å². The summed E-state index contributed by atoms with van der Waals surface area (Å²) in [5.74, 6) is -2.48. The van der Waals surface area contributed by atoms with E-state index in [1.165, 1.54) is 13.0 Å². The van der Waals surface area contributed by atoms with Crippen LogP contribution in [-0.2, 0) is 15.8 Å². The zero-order valence-electron chi connectivity index (χ0n) is 13.9. The summed E-state index contributed by atoms with van der Waals surface area (Å²) < 4.78 is 38.4. The number of carbonyl (C=O) groups excluding carboxylic acids is 1. The molecular weight excluding hydrogens is 337 g/mol. The Morgan fingerprint density at radius 1 is 1.20 bits per heavy atom. The maximum absolute atomic E-state index is 12.8. The van der Waals surface area contributed by atoms with Crippen molar-refractivity contribution in [3.8, 4) is 0 Å². The Kier molecular flexibility index (Phi) is 6.05. The summed E-state index contributed by atoms with van der Waals surface area (Å²) in [6.45, 7) is 4.08. The molecule has 1 aromatic carbocycles. The maximum Gasteiger partial charge on any atom is 0.416 e. The molecule has 1 unspecified atom stereocenters. The number of benzene rings is 1. The average molecular weight is 358 g/mol. The molecule has 138 valence electrons. The number of carboxylic acids is 1. The van der Waals surface area contributed by atoms with Gasteiger partial charge >= 0.3 is 12.1 Å². The van der Waals surface area contributed by atoms with Crippen LogP contribution in [0.25, 0.3) is 0 Å². The third-order valence-corrected chi connectivity index (χ3v) is 4.43. The Morgan fingerprint density at radius 3 is 2.36 bits per heavy atom. The lowest BCUT2D eigenvalue weighted by atomic mass is 10.0. The first-order chi connectivity index (χ1) is 11.7. The number of Topliss-reactive ketones (excluding diaryl/α,β-unsaturated/α-hetero) is 1. The zero-order chi connectivity index (χ0) is 18.6. The first-order valence-electron chi connectivity index (χ1n) is 8.06. The van der Waals surface area contributed by atoms with Crippen molar-refractivity contribution in [2.45, 2.75) is 19.5 Å². The molecule has 5 nitrogen and oxygen atoms in total. The minimum absolute atomic E-state index is 0.244. The first kappa shape index (κ1) is 19.2. The highest BCUT2D eigenvalue weighted by molar-refractivity contribution is 5.96. The third kappa shape index (κ3) is 5.19. The van der Waals surface area contributed by atoms with Crippen molar-refractivity contribution >= 4 is 17.4 Å². The standard InChI is InChI=1S/C17H21F3N2O3/c1-12(23)15(16(24)25)5-6-21-7-9-22(10-8-21)14-4-2-3-13(11-14)17(18,19)20/h2-4,11,15H,5-10H2,1H3,(H,24,25). The number of nitrogens with zero attached hydrogens (tertiary/aromatic N) is 2. The van der Waals surface area contributed by atoms with Crippen LogP contribution < -0.4 is 4.90 Å². The second-order valence-electron chi connectivity index (χ2n) is 6.17. The number of piperazine rings is 1. The van der Waals surface area contributed by atoms with Gasteiger partial charge in [-0.05, 0) is 38.1 Å². The van der Waals surface area contributed by atoms with E-state index in [0.29, 0.717) is 38.4 Å². The second kappa shape index (κ2) is 7.86. The van der Waals surface area contributed by atoms with Gasteiger partial charge < -0.3 is 10.0 Å². The molecule has 0 spiro atoms. The second-order valence-corrected chi connectivity index (χ2v) is 6.17. The van der Waals surface area contributed by atoms with Crippen molar-refractivity contribution in [3.63, 3.8) is 0 Å². The predicted octanol–water partition coefficient (Wildman–Crippen LogP) is 2.51. The zero-order valence-corrected chi connectivity index (χ0v) is 13.9. The summed E-state index contributed by atoms with van der Waals surface area (Å²) in [7, 11) is 0. The van der Waals surface area contributed by atoms with Crippen molar-refractivity contribution in [1.29, 1.82) is 0 Å². The first-order valence-corrected chi connectivity index (χ1v) is 8.06. The number of anilines is 1. The Labute approximate surface area is 144 Å². The molecule has 0 aromatic heterocycles. The van der Waals surface area contributed by atoms with E-state index in [2.05, 4.69) is 0 Å². The molecule has 1 aliphatic heterocycles. The van der Waals surface area contributed by atoms with Gasteiger partial charge in [0.15, 0.2) is 0 Å². The summed E-state index contributed by atoms with van der Waals surface area (Å²) in [4.78, 5) is 26.2. The molecule has 0 bridgehead atoms. The van der Waals surface area contributed by atoms with E-state index < -0.39 is 23.6 Å². The lowest BCUT2D eigenvalue weighted by Crippen LogP contribution is -2.47. The predicted molar refractivity (Wildman–Crippen MR) is 86.5 cm³/mol. The lowest BCUT2D eigenvalue weighted by molar-refractivity contribution is -0.146. The van der Waals surface area contributed by atoms with E-state index >= 15 is 0 Å². The molecule has 1 atom stereocenters. The summed E-state index contributed by atoms with van der Waals surface area (Å²) in [5.41, 5.74) is -0.139. The van der Waals surface area contributed by atoms with Crippen LogP contribution in [0.3, 0.4) is 0 Å². The number of rotatable bonds is 6. The summed E-state index contributed by atoms with van der Waals surface area (Å²) in [6, 6.07) is 5.25. The van der Waals surface area contributed by atoms with Crippen LogP contribution in [0, 0.1) is 5.92 Å². The number of ketones is 1. The van der Waals surface area contributed by atoms with Gasteiger partial charge in [0.25, 0.3) is 0 Å². The fourth-order valence-corrected chi connectivity index (χ4v) is 2.92. The highest BCUT2D eigenvalue weighted by atomic mass is 19.4. The van der Waals surface area contributed by atoms with Gasteiger partial charge in [-0.1, -0.05) is 6.07 Å². The summed E-state index contributed by atoms with van der Waals surface area (Å²) in [5, 5.41) is 9.02. The van der Waals surface area contributed by atoms with Crippen LogP contribution in [0.1, 0.15) is 18.9 Å². The van der Waals surface area contributed by atoms with Crippen molar-refractivity contribution in [2.75, 3.05) is 37.6 Å². The number of carbonyl (C=O) groups is 2. The van der Waals surface area contributed by atoms with Gasteiger partial charge in [-0.15, -0.1) is 0 Å². The molecule has 0 saturated carbocycles. The highest BCUT2D eigenvalue weighted by Crippen LogP contribution is 2.31. The largest absolute Gasteiger partial charge is 0.481 e. The van der Waals surface area contributed by atoms with Crippen molar-refractivity contribution < 1.29 is 27.9 Å². The van der Waals surface area contributed by atoms with Crippen LogP contribution in [0.2, 0.25) is 0 Å². The molecular formula is C17H21F3N2O3. The topological polar surface area (TPSA) is 60.9 Å². The van der Waals surface area contributed by atoms with E-state index in [-0.39, 0.29) is 12.2 Å². The molecule has 8 heteroatoms. The molecule has 2 rings (SSSR count). The maximum atomic E-state index is 12.8. The van der Waals surface area contributed by atoms with E-state index in [4.69, 9.17) is 5.11 Å². The molecule has 1 heterocycles. The number of aliphatic carboxylic acids is 1. The monoisotopic (exact) mass is 358 g/mol. The molecule has 1 aromatic rings. The Hall–Kier alpha value is -2.09. The third-order valence-electron chi connectivity index (χ3n) is 4.43. The van der Waals surface area contributed by atoms with Gasteiger partial charge in [-0.2, -0.15) is 13.2 Å². The molecule has 1 aliphatic rings. The molecule has 0 radical (unpaired) electrons. The van der Waals surface area contributed by atoms with Gasteiger partial charge in [0.1, 0.15) is 11.7 Å². The minimum atomic E-state index is -4.36. The van der Waals surface area contributed by atoms with Gasteiger partial charge in [-0.25, -0.2) is 0 Å². The van der Waals surface area contributed by atoms with E-state index in [0.717, 1.165) is 12.1 Å². The number of hydrogen-bond acceptors (Lipinski definition) is 4.